The summed E-state index contributed by atoms with van der Waals surface area (Å²) in [6.07, 6.45) is 9.73. The van der Waals surface area contributed by atoms with Crippen molar-refractivity contribution in [2.75, 3.05) is 7.05 Å². The summed E-state index contributed by atoms with van der Waals surface area (Å²) in [4.78, 5) is 0. The van der Waals surface area contributed by atoms with Gasteiger partial charge in [-0.1, -0.05) is 62.3 Å². The lowest BCUT2D eigenvalue weighted by Gasteiger charge is -2.23. The molecule has 1 atom stereocenters. The second-order valence-corrected chi connectivity index (χ2v) is 5.93. The second kappa shape index (κ2) is 7.16. The van der Waals surface area contributed by atoms with Crippen molar-refractivity contribution in [1.29, 1.82) is 0 Å². The molecule has 1 aliphatic carbocycles. The van der Waals surface area contributed by atoms with Gasteiger partial charge in [0.1, 0.15) is 0 Å². The van der Waals surface area contributed by atoms with Crippen molar-refractivity contribution >= 4 is 11.6 Å². The van der Waals surface area contributed by atoms with E-state index in [0.717, 1.165) is 10.9 Å². The first-order valence-corrected chi connectivity index (χ1v) is 7.60. The van der Waals surface area contributed by atoms with Crippen LogP contribution < -0.4 is 5.32 Å². The molecule has 0 heterocycles. The van der Waals surface area contributed by atoms with Gasteiger partial charge in [0.05, 0.1) is 0 Å². The third-order valence-corrected chi connectivity index (χ3v) is 4.38. The average molecular weight is 266 g/mol. The van der Waals surface area contributed by atoms with E-state index in [9.17, 15) is 0 Å². The van der Waals surface area contributed by atoms with E-state index >= 15 is 0 Å². The lowest BCUT2D eigenvalue weighted by atomic mass is 9.89. The van der Waals surface area contributed by atoms with E-state index in [1.165, 1.54) is 50.5 Å². The minimum Gasteiger partial charge on any atom is -0.313 e. The Balaban J connectivity index is 1.99. The fourth-order valence-electron chi connectivity index (χ4n) is 3.08. The molecule has 0 aliphatic heterocycles. The number of halogens is 1. The highest BCUT2D eigenvalue weighted by molar-refractivity contribution is 6.30. The molecule has 1 fully saturated rings. The molecule has 1 N–H and O–H groups in total. The summed E-state index contributed by atoms with van der Waals surface area (Å²) in [6, 6.07) is 8.73. The molecule has 1 aliphatic rings. The molecule has 18 heavy (non-hydrogen) atoms. The van der Waals surface area contributed by atoms with E-state index in [1.807, 2.05) is 6.07 Å². The standard InChI is InChI=1S/C16H24ClN/c1-18-16(14-9-6-10-15(17)12-14)11-13-7-4-2-3-5-8-13/h6,9-10,12-13,16,18H,2-5,7-8,11H2,1H3. The number of hydrogen-bond acceptors (Lipinski definition) is 1. The van der Waals surface area contributed by atoms with Crippen LogP contribution >= 0.6 is 11.6 Å². The maximum Gasteiger partial charge on any atom is 0.0409 e. The van der Waals surface area contributed by atoms with Gasteiger partial charge < -0.3 is 5.32 Å². The van der Waals surface area contributed by atoms with Crippen LogP contribution in [0.5, 0.6) is 0 Å². The Morgan fingerprint density at radius 1 is 1.22 bits per heavy atom. The quantitative estimate of drug-likeness (QED) is 0.759. The normalized spacial score (nSPS) is 19.4. The highest BCUT2D eigenvalue weighted by Gasteiger charge is 2.18. The zero-order valence-electron chi connectivity index (χ0n) is 11.3. The summed E-state index contributed by atoms with van der Waals surface area (Å²) in [5.41, 5.74) is 1.33. The number of benzene rings is 1. The maximum atomic E-state index is 6.09. The molecule has 1 aromatic rings. The SMILES string of the molecule is CNC(CC1CCCCCC1)c1cccc(Cl)c1. The van der Waals surface area contributed by atoms with Gasteiger partial charge in [0.15, 0.2) is 0 Å². The molecular formula is C16H24ClN. The van der Waals surface area contributed by atoms with E-state index in [2.05, 4.69) is 30.6 Å². The van der Waals surface area contributed by atoms with Crippen molar-refractivity contribution in [2.24, 2.45) is 5.92 Å². The van der Waals surface area contributed by atoms with Gasteiger partial charge in [-0.15, -0.1) is 0 Å². The third kappa shape index (κ3) is 4.00. The Bertz CT molecular complexity index is 356. The van der Waals surface area contributed by atoms with Gasteiger partial charge in [-0.25, -0.2) is 0 Å². The van der Waals surface area contributed by atoms with Gasteiger partial charge in [0.2, 0.25) is 0 Å². The molecule has 0 amide bonds. The van der Waals surface area contributed by atoms with Crippen LogP contribution in [0.15, 0.2) is 24.3 Å². The smallest absolute Gasteiger partial charge is 0.0409 e. The predicted molar refractivity (Wildman–Crippen MR) is 79.1 cm³/mol. The van der Waals surface area contributed by atoms with Gasteiger partial charge in [0.25, 0.3) is 0 Å². The number of hydrogen-bond donors (Lipinski definition) is 1. The second-order valence-electron chi connectivity index (χ2n) is 5.49. The van der Waals surface area contributed by atoms with Gasteiger partial charge in [-0.2, -0.15) is 0 Å². The molecule has 2 rings (SSSR count). The van der Waals surface area contributed by atoms with Gasteiger partial charge in [-0.05, 0) is 37.1 Å². The van der Waals surface area contributed by atoms with Crippen molar-refractivity contribution in [2.45, 2.75) is 51.0 Å². The summed E-state index contributed by atoms with van der Waals surface area (Å²) in [6.45, 7) is 0. The molecule has 1 unspecified atom stereocenters. The first-order chi connectivity index (χ1) is 8.79. The molecule has 1 nitrogen and oxygen atoms in total. The first-order valence-electron chi connectivity index (χ1n) is 7.22. The fourth-order valence-corrected chi connectivity index (χ4v) is 3.28. The van der Waals surface area contributed by atoms with Crippen molar-refractivity contribution in [1.82, 2.24) is 5.32 Å². The molecule has 2 heteroatoms. The fraction of sp³-hybridized carbons (Fsp3) is 0.625. The van der Waals surface area contributed by atoms with Crippen LogP contribution in [-0.2, 0) is 0 Å². The molecule has 1 aromatic carbocycles. The molecule has 0 saturated heterocycles. The van der Waals surface area contributed by atoms with Gasteiger partial charge in [-0.3, -0.25) is 0 Å². The van der Waals surface area contributed by atoms with Crippen LogP contribution in [0.1, 0.15) is 56.6 Å². The van der Waals surface area contributed by atoms with Crippen molar-refractivity contribution < 1.29 is 0 Å². The minimum absolute atomic E-state index is 0.451. The van der Waals surface area contributed by atoms with Gasteiger partial charge >= 0.3 is 0 Å². The molecular weight excluding hydrogens is 242 g/mol. The number of nitrogens with one attached hydrogen (secondary N) is 1. The van der Waals surface area contributed by atoms with Crippen LogP contribution in [0.25, 0.3) is 0 Å². The van der Waals surface area contributed by atoms with Crippen LogP contribution in [0.3, 0.4) is 0 Å². The van der Waals surface area contributed by atoms with E-state index in [1.54, 1.807) is 0 Å². The Morgan fingerprint density at radius 2 is 1.94 bits per heavy atom. The number of rotatable bonds is 4. The lowest BCUT2D eigenvalue weighted by molar-refractivity contribution is 0.368. The Kier molecular flexibility index (Phi) is 5.52. The maximum absolute atomic E-state index is 6.09. The van der Waals surface area contributed by atoms with E-state index in [0.29, 0.717) is 6.04 Å². The van der Waals surface area contributed by atoms with Crippen LogP contribution in [-0.4, -0.2) is 7.05 Å². The molecule has 0 spiro atoms. The molecule has 100 valence electrons. The lowest BCUT2D eigenvalue weighted by Crippen LogP contribution is -2.19. The van der Waals surface area contributed by atoms with Crippen molar-refractivity contribution in [3.8, 4) is 0 Å². The molecule has 0 aromatic heterocycles. The van der Waals surface area contributed by atoms with E-state index in [4.69, 9.17) is 11.6 Å². The summed E-state index contributed by atoms with van der Waals surface area (Å²) < 4.78 is 0. The summed E-state index contributed by atoms with van der Waals surface area (Å²) in [5.74, 6) is 0.879. The highest BCUT2D eigenvalue weighted by Crippen LogP contribution is 2.31. The summed E-state index contributed by atoms with van der Waals surface area (Å²) >= 11 is 6.09. The molecule has 1 saturated carbocycles. The van der Waals surface area contributed by atoms with Gasteiger partial charge in [0, 0.05) is 11.1 Å². The zero-order valence-corrected chi connectivity index (χ0v) is 12.0. The average Bonchev–Trinajstić information content (AvgIpc) is 2.64. The Labute approximate surface area is 116 Å². The highest BCUT2D eigenvalue weighted by atomic mass is 35.5. The van der Waals surface area contributed by atoms with E-state index in [-0.39, 0.29) is 0 Å². The first kappa shape index (κ1) is 13.9. The zero-order chi connectivity index (χ0) is 12.8. The third-order valence-electron chi connectivity index (χ3n) is 4.14. The molecule has 0 bridgehead atoms. The predicted octanol–water partition coefficient (Wildman–Crippen LogP) is 4.96. The Hall–Kier alpha value is -0.530. The monoisotopic (exact) mass is 265 g/mol. The Morgan fingerprint density at radius 3 is 2.56 bits per heavy atom. The van der Waals surface area contributed by atoms with Crippen LogP contribution in [0.4, 0.5) is 0 Å². The van der Waals surface area contributed by atoms with Crippen LogP contribution in [0, 0.1) is 5.92 Å². The summed E-state index contributed by atoms with van der Waals surface area (Å²) in [5, 5.41) is 4.30. The van der Waals surface area contributed by atoms with Crippen molar-refractivity contribution in [3.05, 3.63) is 34.9 Å². The van der Waals surface area contributed by atoms with Crippen molar-refractivity contribution in [3.63, 3.8) is 0 Å². The largest absolute Gasteiger partial charge is 0.313 e. The molecule has 0 radical (unpaired) electrons. The van der Waals surface area contributed by atoms with Crippen LogP contribution in [0.2, 0.25) is 5.02 Å². The topological polar surface area (TPSA) is 12.0 Å². The minimum atomic E-state index is 0.451. The summed E-state index contributed by atoms with van der Waals surface area (Å²) in [7, 11) is 2.06. The van der Waals surface area contributed by atoms with E-state index < -0.39 is 0 Å².